The summed E-state index contributed by atoms with van der Waals surface area (Å²) in [6.07, 6.45) is 0.821. The lowest BCUT2D eigenvalue weighted by Crippen LogP contribution is -2.23. The fraction of sp³-hybridized carbons (Fsp3) is 1.00. The molecule has 0 aromatic rings. The summed E-state index contributed by atoms with van der Waals surface area (Å²) in [6, 6.07) is 0. The van der Waals surface area contributed by atoms with Gasteiger partial charge in [0.05, 0.1) is 5.54 Å². The van der Waals surface area contributed by atoms with Crippen molar-refractivity contribution in [3.8, 4) is 0 Å². The Bertz CT molecular complexity index is 206. The predicted octanol–water partition coefficient (Wildman–Crippen LogP) is 4.63. The summed E-state index contributed by atoms with van der Waals surface area (Å²) in [5.41, 5.74) is 0.0292. The van der Waals surface area contributed by atoms with Crippen LogP contribution < -0.4 is 0 Å². The van der Waals surface area contributed by atoms with Crippen LogP contribution in [0.1, 0.15) is 54.9 Å². The van der Waals surface area contributed by atoms with Crippen molar-refractivity contribution in [3.05, 3.63) is 0 Å². The minimum Gasteiger partial charge on any atom is -0.187 e. The quantitative estimate of drug-likeness (QED) is 0.367. The molecule has 84 valence electrons. The van der Waals surface area contributed by atoms with E-state index in [1.54, 1.807) is 0 Å². The number of azo groups is 1. The van der Waals surface area contributed by atoms with Gasteiger partial charge in [-0.15, -0.1) is 0 Å². The maximum absolute atomic E-state index is 6.27. The van der Waals surface area contributed by atoms with E-state index in [2.05, 4.69) is 31.0 Å². The van der Waals surface area contributed by atoms with Crippen LogP contribution in [0.2, 0.25) is 0 Å². The van der Waals surface area contributed by atoms with Crippen LogP contribution in [0.25, 0.3) is 0 Å². The first-order valence-corrected chi connectivity index (χ1v) is 5.42. The smallest absolute Gasteiger partial charge is 0.152 e. The normalized spacial score (nSPS) is 18.6. The summed E-state index contributed by atoms with van der Waals surface area (Å²) in [5, 5.41) is 8.41. The van der Waals surface area contributed by atoms with Gasteiger partial charge in [0.15, 0.2) is 5.00 Å². The summed E-state index contributed by atoms with van der Waals surface area (Å²) < 4.78 is 0. The lowest BCUT2D eigenvalue weighted by atomic mass is 9.89. The molecule has 0 rings (SSSR count). The molecular formula is C11H23ClN2. The van der Waals surface area contributed by atoms with Crippen molar-refractivity contribution in [1.82, 2.24) is 0 Å². The van der Waals surface area contributed by atoms with Crippen LogP contribution in [0.15, 0.2) is 10.2 Å². The molecule has 0 aromatic carbocycles. The molecule has 0 fully saturated rings. The molecule has 0 heterocycles. The number of alkyl halides is 1. The standard InChI is InChI=1S/C11H23ClN2/c1-9(2,3)8-11(7,12)14-13-10(4,5)6/h8H2,1-7H3. The van der Waals surface area contributed by atoms with Crippen molar-refractivity contribution < 1.29 is 0 Å². The second kappa shape index (κ2) is 4.18. The van der Waals surface area contributed by atoms with Gasteiger partial charge in [0.1, 0.15) is 0 Å². The molecule has 0 spiro atoms. The van der Waals surface area contributed by atoms with Crippen molar-refractivity contribution in [1.29, 1.82) is 0 Å². The van der Waals surface area contributed by atoms with E-state index < -0.39 is 5.00 Å². The molecule has 2 nitrogen and oxygen atoms in total. The van der Waals surface area contributed by atoms with Gasteiger partial charge < -0.3 is 0 Å². The van der Waals surface area contributed by atoms with Crippen molar-refractivity contribution in [2.75, 3.05) is 0 Å². The summed E-state index contributed by atoms with van der Waals surface area (Å²) in [6.45, 7) is 14.4. The van der Waals surface area contributed by atoms with Gasteiger partial charge >= 0.3 is 0 Å². The van der Waals surface area contributed by atoms with Gasteiger partial charge in [-0.1, -0.05) is 32.4 Å². The summed E-state index contributed by atoms with van der Waals surface area (Å²) in [7, 11) is 0. The molecule has 0 aliphatic heterocycles. The number of hydrogen-bond donors (Lipinski definition) is 0. The maximum Gasteiger partial charge on any atom is 0.152 e. The van der Waals surface area contributed by atoms with E-state index in [1.807, 2.05) is 27.7 Å². The molecule has 1 unspecified atom stereocenters. The van der Waals surface area contributed by atoms with Gasteiger partial charge in [0, 0.05) is 0 Å². The van der Waals surface area contributed by atoms with E-state index in [1.165, 1.54) is 0 Å². The lowest BCUT2D eigenvalue weighted by molar-refractivity contribution is 0.317. The molecule has 0 aliphatic rings. The van der Waals surface area contributed by atoms with Crippen LogP contribution in [-0.4, -0.2) is 10.5 Å². The molecule has 3 heteroatoms. The molecule has 0 saturated heterocycles. The Balaban J connectivity index is 4.43. The largest absolute Gasteiger partial charge is 0.187 e. The van der Waals surface area contributed by atoms with Gasteiger partial charge in [0.2, 0.25) is 0 Å². The van der Waals surface area contributed by atoms with E-state index in [0.29, 0.717) is 0 Å². The van der Waals surface area contributed by atoms with E-state index in [9.17, 15) is 0 Å². The zero-order valence-electron chi connectivity index (χ0n) is 10.5. The Morgan fingerprint density at radius 1 is 0.857 bits per heavy atom. The number of nitrogens with zero attached hydrogens (tertiary/aromatic N) is 2. The Kier molecular flexibility index (Phi) is 4.14. The minimum atomic E-state index is -0.578. The molecule has 0 bridgehead atoms. The molecule has 0 radical (unpaired) electrons. The summed E-state index contributed by atoms with van der Waals surface area (Å²) >= 11 is 6.27. The third kappa shape index (κ3) is 8.49. The highest BCUT2D eigenvalue weighted by Gasteiger charge is 2.28. The van der Waals surface area contributed by atoms with Crippen molar-refractivity contribution in [2.45, 2.75) is 65.4 Å². The summed E-state index contributed by atoms with van der Waals surface area (Å²) in [5.74, 6) is 0. The van der Waals surface area contributed by atoms with Crippen molar-refractivity contribution in [3.63, 3.8) is 0 Å². The predicted molar refractivity (Wildman–Crippen MR) is 62.9 cm³/mol. The van der Waals surface area contributed by atoms with E-state index >= 15 is 0 Å². The Morgan fingerprint density at radius 3 is 1.57 bits per heavy atom. The first kappa shape index (κ1) is 13.9. The lowest BCUT2D eigenvalue weighted by Gasteiger charge is -2.26. The zero-order valence-corrected chi connectivity index (χ0v) is 11.2. The fourth-order valence-electron chi connectivity index (χ4n) is 1.26. The fourth-order valence-corrected chi connectivity index (χ4v) is 1.70. The molecule has 0 aliphatic carbocycles. The van der Waals surface area contributed by atoms with Gasteiger partial charge in [0.25, 0.3) is 0 Å². The highest BCUT2D eigenvalue weighted by molar-refractivity contribution is 6.23. The highest BCUT2D eigenvalue weighted by Crippen LogP contribution is 2.33. The third-order valence-corrected chi connectivity index (χ3v) is 1.62. The summed E-state index contributed by atoms with van der Waals surface area (Å²) in [4.78, 5) is -0.578. The van der Waals surface area contributed by atoms with E-state index in [4.69, 9.17) is 11.6 Å². The third-order valence-electron chi connectivity index (χ3n) is 1.41. The minimum absolute atomic E-state index is 0.145. The van der Waals surface area contributed by atoms with Crippen LogP contribution in [-0.2, 0) is 0 Å². The molecular weight excluding hydrogens is 196 g/mol. The van der Waals surface area contributed by atoms with Gasteiger partial charge in [-0.3, -0.25) is 0 Å². The van der Waals surface area contributed by atoms with Crippen molar-refractivity contribution in [2.24, 2.45) is 15.6 Å². The molecule has 0 saturated carbocycles. The maximum atomic E-state index is 6.27. The van der Waals surface area contributed by atoms with Gasteiger partial charge in [-0.2, -0.15) is 10.2 Å². The monoisotopic (exact) mass is 218 g/mol. The van der Waals surface area contributed by atoms with E-state index in [0.717, 1.165) is 6.42 Å². The second-order valence-electron chi connectivity index (χ2n) is 6.25. The SMILES string of the molecule is CC(C)(C)CC(C)(Cl)N=NC(C)(C)C. The molecule has 0 amide bonds. The average molecular weight is 219 g/mol. The molecule has 0 N–H and O–H groups in total. The van der Waals surface area contributed by atoms with Crippen LogP contribution in [0.5, 0.6) is 0 Å². The first-order chi connectivity index (χ1) is 5.91. The van der Waals surface area contributed by atoms with E-state index in [-0.39, 0.29) is 11.0 Å². The Labute approximate surface area is 93.1 Å². The van der Waals surface area contributed by atoms with Gasteiger partial charge in [-0.25, -0.2) is 0 Å². The average Bonchev–Trinajstić information content (AvgIpc) is 1.76. The Morgan fingerprint density at radius 2 is 1.29 bits per heavy atom. The van der Waals surface area contributed by atoms with Crippen LogP contribution in [0, 0.1) is 5.41 Å². The number of halogens is 1. The van der Waals surface area contributed by atoms with Crippen molar-refractivity contribution >= 4 is 11.6 Å². The van der Waals surface area contributed by atoms with Crippen LogP contribution >= 0.6 is 11.6 Å². The topological polar surface area (TPSA) is 24.7 Å². The van der Waals surface area contributed by atoms with Crippen LogP contribution in [0.3, 0.4) is 0 Å². The number of hydrogen-bond acceptors (Lipinski definition) is 2. The molecule has 1 atom stereocenters. The zero-order chi connectivity index (χ0) is 11.6. The van der Waals surface area contributed by atoms with Gasteiger partial charge in [-0.05, 0) is 39.5 Å². The second-order valence-corrected chi connectivity index (χ2v) is 7.06. The number of rotatable bonds is 2. The van der Waals surface area contributed by atoms with Crippen LogP contribution in [0.4, 0.5) is 0 Å². The Hall–Kier alpha value is -0.110. The molecule has 14 heavy (non-hydrogen) atoms. The molecule has 0 aromatic heterocycles. The highest BCUT2D eigenvalue weighted by atomic mass is 35.5. The first-order valence-electron chi connectivity index (χ1n) is 5.04.